The minimum absolute atomic E-state index is 0.0190. The largest absolute Gasteiger partial charge is 0.494 e. The second-order valence-electron chi connectivity index (χ2n) is 6.27. The molecule has 1 unspecified atom stereocenters. The Hall–Kier alpha value is -2.48. The molecular weight excluding hydrogens is 327 g/mol. The number of nitrogens with zero attached hydrogens (tertiary/aromatic N) is 3. The molecule has 25 heavy (non-hydrogen) atoms. The van der Waals surface area contributed by atoms with Crippen molar-refractivity contribution in [3.8, 4) is 5.75 Å². The molecule has 2 N–H and O–H groups in total. The van der Waals surface area contributed by atoms with Crippen LogP contribution in [0.25, 0.3) is 10.9 Å². The number of aliphatic hydroxyl groups is 1. The van der Waals surface area contributed by atoms with Gasteiger partial charge in [-0.25, -0.2) is 14.4 Å². The summed E-state index contributed by atoms with van der Waals surface area (Å²) >= 11 is 0. The average Bonchev–Trinajstić information content (AvgIpc) is 2.61. The highest BCUT2D eigenvalue weighted by atomic mass is 19.1. The lowest BCUT2D eigenvalue weighted by atomic mass is 9.89. The van der Waals surface area contributed by atoms with Gasteiger partial charge in [-0.1, -0.05) is 0 Å². The van der Waals surface area contributed by atoms with Gasteiger partial charge in [-0.15, -0.1) is 0 Å². The van der Waals surface area contributed by atoms with Crippen molar-refractivity contribution in [1.82, 2.24) is 15.3 Å². The molecule has 0 radical (unpaired) electrons. The Morgan fingerprint density at radius 3 is 3.00 bits per heavy atom. The summed E-state index contributed by atoms with van der Waals surface area (Å²) in [5.41, 5.74) is -0.967. The normalized spacial score (nSPS) is 20.6. The summed E-state index contributed by atoms with van der Waals surface area (Å²) in [4.78, 5) is 21.9. The predicted octanol–water partition coefficient (Wildman–Crippen LogP) is 1.24. The first-order chi connectivity index (χ1) is 12.0. The third-order valence-corrected chi connectivity index (χ3v) is 4.53. The predicted molar refractivity (Wildman–Crippen MR) is 91.1 cm³/mol. The molecule has 1 aliphatic rings. The van der Waals surface area contributed by atoms with Crippen LogP contribution in [0.3, 0.4) is 0 Å². The first-order valence-corrected chi connectivity index (χ1v) is 8.12. The van der Waals surface area contributed by atoms with E-state index in [1.54, 1.807) is 13.1 Å². The Kier molecular flexibility index (Phi) is 4.71. The lowest BCUT2D eigenvalue weighted by molar-refractivity contribution is -0.125. The maximum Gasteiger partial charge on any atom is 0.222 e. The van der Waals surface area contributed by atoms with E-state index in [1.807, 2.05) is 4.90 Å². The molecule has 8 heteroatoms. The second kappa shape index (κ2) is 6.79. The van der Waals surface area contributed by atoms with Crippen molar-refractivity contribution in [2.45, 2.75) is 24.9 Å². The van der Waals surface area contributed by atoms with E-state index >= 15 is 0 Å². The van der Waals surface area contributed by atoms with Crippen molar-refractivity contribution in [2.24, 2.45) is 0 Å². The number of amides is 1. The van der Waals surface area contributed by atoms with Crippen LogP contribution in [-0.4, -0.2) is 53.8 Å². The van der Waals surface area contributed by atoms with Gasteiger partial charge in [0, 0.05) is 25.5 Å². The lowest BCUT2D eigenvalue weighted by Gasteiger charge is -2.39. The van der Waals surface area contributed by atoms with Crippen LogP contribution in [0, 0.1) is 5.82 Å². The van der Waals surface area contributed by atoms with Crippen LogP contribution in [0.15, 0.2) is 18.5 Å². The van der Waals surface area contributed by atoms with E-state index in [4.69, 9.17) is 4.74 Å². The van der Waals surface area contributed by atoms with Crippen LogP contribution in [0.1, 0.15) is 19.3 Å². The van der Waals surface area contributed by atoms with E-state index < -0.39 is 11.4 Å². The van der Waals surface area contributed by atoms with Crippen molar-refractivity contribution in [3.63, 3.8) is 0 Å². The first kappa shape index (κ1) is 17.3. The number of fused-ring (bicyclic) bond motifs is 1. The van der Waals surface area contributed by atoms with E-state index in [0.29, 0.717) is 30.6 Å². The number of carbonyl (C=O) groups is 1. The van der Waals surface area contributed by atoms with Gasteiger partial charge in [0.05, 0.1) is 19.1 Å². The molecule has 0 saturated carbocycles. The number of β-amino-alcohol motifs (C(OH)–C–C–N with tert-alkyl or cyclic N) is 1. The number of ether oxygens (including phenoxy) is 1. The monoisotopic (exact) mass is 348 g/mol. The van der Waals surface area contributed by atoms with E-state index in [1.165, 1.54) is 19.5 Å². The minimum Gasteiger partial charge on any atom is -0.494 e. The van der Waals surface area contributed by atoms with E-state index in [-0.39, 0.29) is 30.1 Å². The van der Waals surface area contributed by atoms with Crippen molar-refractivity contribution in [2.75, 3.05) is 32.1 Å². The number of carbonyl (C=O) groups excluding carboxylic acids is 1. The van der Waals surface area contributed by atoms with Gasteiger partial charge in [-0.3, -0.25) is 4.79 Å². The fraction of sp³-hybridized carbons (Fsp3) is 0.471. The summed E-state index contributed by atoms with van der Waals surface area (Å²) in [6.07, 6.45) is 2.55. The van der Waals surface area contributed by atoms with Crippen molar-refractivity contribution in [3.05, 3.63) is 24.3 Å². The van der Waals surface area contributed by atoms with E-state index in [0.717, 1.165) is 0 Å². The molecule has 0 aliphatic carbocycles. The smallest absolute Gasteiger partial charge is 0.222 e. The maximum atomic E-state index is 14.5. The number of methoxy groups -OCH3 is 1. The molecule has 2 heterocycles. The maximum absolute atomic E-state index is 14.5. The SMILES string of the molecule is CNC(=O)CC1(O)CCCN(c2ncnc3c(F)c(OC)ccc23)C1. The van der Waals surface area contributed by atoms with Crippen molar-refractivity contribution < 1.29 is 19.0 Å². The van der Waals surface area contributed by atoms with Gasteiger partial charge >= 0.3 is 0 Å². The van der Waals surface area contributed by atoms with Gasteiger partial charge in [0.15, 0.2) is 11.6 Å². The third-order valence-electron chi connectivity index (χ3n) is 4.53. The fourth-order valence-electron chi connectivity index (χ4n) is 3.30. The number of hydrogen-bond donors (Lipinski definition) is 2. The van der Waals surface area contributed by atoms with Crippen LogP contribution in [0.4, 0.5) is 10.2 Å². The highest BCUT2D eigenvalue weighted by Crippen LogP contribution is 2.33. The third kappa shape index (κ3) is 3.34. The minimum atomic E-state index is -1.14. The first-order valence-electron chi connectivity index (χ1n) is 8.12. The van der Waals surface area contributed by atoms with Gasteiger partial charge < -0.3 is 20.1 Å². The Morgan fingerprint density at radius 1 is 1.48 bits per heavy atom. The number of piperidine rings is 1. The molecule has 1 aromatic heterocycles. The van der Waals surface area contributed by atoms with E-state index in [2.05, 4.69) is 15.3 Å². The second-order valence-corrected chi connectivity index (χ2v) is 6.27. The summed E-state index contributed by atoms with van der Waals surface area (Å²) in [5.74, 6) is -0.0949. The quantitative estimate of drug-likeness (QED) is 0.865. The number of hydrogen-bond acceptors (Lipinski definition) is 6. The lowest BCUT2D eigenvalue weighted by Crippen LogP contribution is -2.50. The number of nitrogens with one attached hydrogen (secondary N) is 1. The summed E-state index contributed by atoms with van der Waals surface area (Å²) in [5, 5.41) is 13.9. The number of rotatable bonds is 4. The van der Waals surface area contributed by atoms with E-state index in [9.17, 15) is 14.3 Å². The molecule has 1 amide bonds. The fourth-order valence-corrected chi connectivity index (χ4v) is 3.30. The topological polar surface area (TPSA) is 87.6 Å². The summed E-state index contributed by atoms with van der Waals surface area (Å²) in [6.45, 7) is 0.913. The molecule has 1 saturated heterocycles. The zero-order valence-corrected chi connectivity index (χ0v) is 14.3. The zero-order valence-electron chi connectivity index (χ0n) is 14.3. The van der Waals surface area contributed by atoms with Crippen molar-refractivity contribution in [1.29, 1.82) is 0 Å². The molecule has 7 nitrogen and oxygen atoms in total. The number of benzene rings is 1. The number of anilines is 1. The van der Waals surface area contributed by atoms with Gasteiger partial charge in [0.1, 0.15) is 17.7 Å². The Bertz CT molecular complexity index is 801. The molecule has 1 fully saturated rings. The number of halogens is 1. The molecular formula is C17H21FN4O3. The van der Waals surface area contributed by atoms with Crippen LogP contribution in [0.5, 0.6) is 5.75 Å². The van der Waals surface area contributed by atoms with Gasteiger partial charge in [-0.2, -0.15) is 0 Å². The zero-order chi connectivity index (χ0) is 18.0. The van der Waals surface area contributed by atoms with Crippen LogP contribution < -0.4 is 15.0 Å². The molecule has 0 spiro atoms. The summed E-state index contributed by atoms with van der Waals surface area (Å²) in [7, 11) is 2.94. The van der Waals surface area contributed by atoms with Gasteiger partial charge in [0.2, 0.25) is 5.91 Å². The number of aromatic nitrogens is 2. The van der Waals surface area contributed by atoms with Crippen LogP contribution >= 0.6 is 0 Å². The van der Waals surface area contributed by atoms with Gasteiger partial charge in [-0.05, 0) is 25.0 Å². The van der Waals surface area contributed by atoms with Crippen LogP contribution in [0.2, 0.25) is 0 Å². The molecule has 1 atom stereocenters. The Morgan fingerprint density at radius 2 is 2.28 bits per heavy atom. The van der Waals surface area contributed by atoms with Gasteiger partial charge in [0.25, 0.3) is 0 Å². The molecule has 2 aromatic rings. The standard InChI is InChI=1S/C17H21FN4O3/c1-19-13(23)8-17(24)6-3-7-22(9-17)16-11-4-5-12(25-2)14(18)15(11)20-10-21-16/h4-5,10,24H,3,6-9H2,1-2H3,(H,19,23). The molecule has 134 valence electrons. The Labute approximate surface area is 144 Å². The highest BCUT2D eigenvalue weighted by molar-refractivity contribution is 5.91. The molecule has 1 aromatic carbocycles. The molecule has 3 rings (SSSR count). The summed E-state index contributed by atoms with van der Waals surface area (Å²) < 4.78 is 19.4. The highest BCUT2D eigenvalue weighted by Gasteiger charge is 2.36. The Balaban J connectivity index is 1.96. The van der Waals surface area contributed by atoms with Crippen molar-refractivity contribution >= 4 is 22.6 Å². The molecule has 1 aliphatic heterocycles. The average molecular weight is 348 g/mol. The molecule has 0 bridgehead atoms. The van der Waals surface area contributed by atoms with Crippen LogP contribution in [-0.2, 0) is 4.79 Å². The summed E-state index contributed by atoms with van der Waals surface area (Å²) in [6, 6.07) is 3.24.